The molecule has 0 fully saturated rings. The number of benzene rings is 2. The van der Waals surface area contributed by atoms with Crippen LogP contribution in [0, 0.1) is 6.92 Å². The van der Waals surface area contributed by atoms with Crippen LogP contribution in [0.15, 0.2) is 54.7 Å². The maximum atomic E-state index is 12.3. The molecule has 0 bridgehead atoms. The lowest BCUT2D eigenvalue weighted by Crippen LogP contribution is -2.22. The van der Waals surface area contributed by atoms with Crippen molar-refractivity contribution >= 4 is 16.7 Å². The van der Waals surface area contributed by atoms with Gasteiger partial charge >= 0.3 is 0 Å². The van der Waals surface area contributed by atoms with Gasteiger partial charge in [0.05, 0.1) is 6.54 Å². The Morgan fingerprint density at radius 3 is 2.71 bits per heavy atom. The first-order valence-electron chi connectivity index (χ1n) is 7.10. The third-order valence-corrected chi connectivity index (χ3v) is 3.75. The number of carbonyl (C=O) groups is 1. The largest absolute Gasteiger partial charge is 0.360 e. The first-order valence-corrected chi connectivity index (χ1v) is 7.10. The monoisotopic (exact) mass is 278 g/mol. The van der Waals surface area contributed by atoms with E-state index in [9.17, 15) is 4.79 Å². The Morgan fingerprint density at radius 1 is 1.10 bits per heavy atom. The molecule has 0 aliphatic rings. The Morgan fingerprint density at radius 2 is 1.86 bits per heavy atom. The molecule has 0 radical (unpaired) electrons. The van der Waals surface area contributed by atoms with Crippen LogP contribution in [-0.2, 0) is 6.54 Å². The SMILES string of the molecule is Cc1ccccc1CNCC(=O)c1c[nH]c2ccccc12. The van der Waals surface area contributed by atoms with E-state index in [1.54, 1.807) is 6.20 Å². The third kappa shape index (κ3) is 2.88. The van der Waals surface area contributed by atoms with Crippen molar-refractivity contribution < 1.29 is 4.79 Å². The van der Waals surface area contributed by atoms with Crippen LogP contribution in [0.5, 0.6) is 0 Å². The average Bonchev–Trinajstić information content (AvgIpc) is 2.93. The van der Waals surface area contributed by atoms with Crippen LogP contribution in [0.4, 0.5) is 0 Å². The smallest absolute Gasteiger partial charge is 0.178 e. The summed E-state index contributed by atoms with van der Waals surface area (Å²) in [5.41, 5.74) is 4.22. The molecule has 2 aromatic carbocycles. The Hall–Kier alpha value is -2.39. The molecule has 1 aromatic heterocycles. The van der Waals surface area contributed by atoms with Crippen LogP contribution in [-0.4, -0.2) is 17.3 Å². The number of aromatic nitrogens is 1. The van der Waals surface area contributed by atoms with Gasteiger partial charge in [-0.2, -0.15) is 0 Å². The normalized spacial score (nSPS) is 10.9. The number of nitrogens with one attached hydrogen (secondary N) is 2. The lowest BCUT2D eigenvalue weighted by Gasteiger charge is -2.06. The van der Waals surface area contributed by atoms with Gasteiger partial charge in [-0.25, -0.2) is 0 Å². The highest BCUT2D eigenvalue weighted by Gasteiger charge is 2.11. The van der Waals surface area contributed by atoms with Crippen molar-refractivity contribution in [2.45, 2.75) is 13.5 Å². The van der Waals surface area contributed by atoms with Crippen molar-refractivity contribution in [2.75, 3.05) is 6.54 Å². The van der Waals surface area contributed by atoms with Crippen LogP contribution < -0.4 is 5.32 Å². The number of para-hydroxylation sites is 1. The van der Waals surface area contributed by atoms with Crippen molar-refractivity contribution in [3.05, 3.63) is 71.4 Å². The number of hydrogen-bond acceptors (Lipinski definition) is 2. The predicted octanol–water partition coefficient (Wildman–Crippen LogP) is 3.45. The van der Waals surface area contributed by atoms with Gasteiger partial charge in [-0.05, 0) is 24.1 Å². The molecule has 1 heterocycles. The van der Waals surface area contributed by atoms with Crippen molar-refractivity contribution in [2.24, 2.45) is 0 Å². The van der Waals surface area contributed by atoms with Gasteiger partial charge in [0.25, 0.3) is 0 Å². The van der Waals surface area contributed by atoms with Gasteiger partial charge in [0, 0.05) is 29.2 Å². The lowest BCUT2D eigenvalue weighted by atomic mass is 10.1. The average molecular weight is 278 g/mol. The van der Waals surface area contributed by atoms with Crippen molar-refractivity contribution in [3.8, 4) is 0 Å². The van der Waals surface area contributed by atoms with Crippen molar-refractivity contribution in [3.63, 3.8) is 0 Å². The second-order valence-corrected chi connectivity index (χ2v) is 5.20. The minimum Gasteiger partial charge on any atom is -0.360 e. The molecule has 21 heavy (non-hydrogen) atoms. The Kier molecular flexibility index (Phi) is 3.84. The predicted molar refractivity (Wildman–Crippen MR) is 85.5 cm³/mol. The zero-order valence-electron chi connectivity index (χ0n) is 12.0. The molecule has 0 atom stereocenters. The summed E-state index contributed by atoms with van der Waals surface area (Å²) in [6, 6.07) is 16.1. The van der Waals surface area contributed by atoms with Crippen molar-refractivity contribution in [1.29, 1.82) is 0 Å². The molecule has 2 N–H and O–H groups in total. The molecule has 0 saturated heterocycles. The minimum atomic E-state index is 0.112. The summed E-state index contributed by atoms with van der Waals surface area (Å²) in [4.78, 5) is 15.5. The molecule has 3 heteroatoms. The molecular formula is C18H18N2O. The standard InChI is InChI=1S/C18H18N2O/c1-13-6-2-3-7-14(13)10-19-12-18(21)16-11-20-17-9-5-4-8-15(16)17/h2-9,11,19-20H,10,12H2,1H3. The number of hydrogen-bond donors (Lipinski definition) is 2. The van der Waals surface area contributed by atoms with Crippen LogP contribution in [0.25, 0.3) is 10.9 Å². The number of carbonyl (C=O) groups excluding carboxylic acids is 1. The van der Waals surface area contributed by atoms with E-state index in [-0.39, 0.29) is 5.78 Å². The van der Waals surface area contributed by atoms with Gasteiger partial charge < -0.3 is 10.3 Å². The number of rotatable bonds is 5. The quantitative estimate of drug-likeness (QED) is 0.702. The summed E-state index contributed by atoms with van der Waals surface area (Å²) in [5, 5.41) is 4.22. The molecule has 0 amide bonds. The summed E-state index contributed by atoms with van der Waals surface area (Å²) in [7, 11) is 0. The molecular weight excluding hydrogens is 260 g/mol. The fourth-order valence-corrected chi connectivity index (χ4v) is 2.52. The van der Waals surface area contributed by atoms with E-state index in [1.165, 1.54) is 11.1 Å². The second kappa shape index (κ2) is 5.94. The second-order valence-electron chi connectivity index (χ2n) is 5.20. The number of ketones is 1. The molecule has 3 nitrogen and oxygen atoms in total. The highest BCUT2D eigenvalue weighted by molar-refractivity contribution is 6.08. The van der Waals surface area contributed by atoms with Gasteiger partial charge in [0.1, 0.15) is 0 Å². The number of H-pyrrole nitrogens is 1. The van der Waals surface area contributed by atoms with Crippen LogP contribution in [0.1, 0.15) is 21.5 Å². The summed E-state index contributed by atoms with van der Waals surface area (Å²) < 4.78 is 0. The van der Waals surface area contributed by atoms with Crippen LogP contribution in [0.2, 0.25) is 0 Å². The van der Waals surface area contributed by atoms with E-state index in [0.29, 0.717) is 13.1 Å². The summed E-state index contributed by atoms with van der Waals surface area (Å²) in [5.74, 6) is 0.112. The fraction of sp³-hybridized carbons (Fsp3) is 0.167. The van der Waals surface area contributed by atoms with Gasteiger partial charge in [-0.15, -0.1) is 0 Å². The highest BCUT2D eigenvalue weighted by Crippen LogP contribution is 2.17. The fourth-order valence-electron chi connectivity index (χ4n) is 2.52. The maximum Gasteiger partial charge on any atom is 0.178 e. The molecule has 3 aromatic rings. The lowest BCUT2D eigenvalue weighted by molar-refractivity contribution is 0.0992. The van der Waals surface area contributed by atoms with E-state index in [1.807, 2.05) is 36.4 Å². The first kappa shape index (κ1) is 13.6. The molecule has 106 valence electrons. The van der Waals surface area contributed by atoms with Gasteiger partial charge in [-0.1, -0.05) is 42.5 Å². The first-order chi connectivity index (χ1) is 10.3. The van der Waals surface area contributed by atoms with Gasteiger partial charge in [-0.3, -0.25) is 4.79 Å². The number of aryl methyl sites for hydroxylation is 1. The topological polar surface area (TPSA) is 44.9 Å². The van der Waals surface area contributed by atoms with Crippen molar-refractivity contribution in [1.82, 2.24) is 10.3 Å². The van der Waals surface area contributed by atoms with Crippen LogP contribution >= 0.6 is 0 Å². The third-order valence-electron chi connectivity index (χ3n) is 3.75. The Bertz CT molecular complexity index is 773. The summed E-state index contributed by atoms with van der Waals surface area (Å²) in [6.45, 7) is 3.13. The molecule has 3 rings (SSSR count). The van der Waals surface area contributed by atoms with Gasteiger partial charge in [0.2, 0.25) is 0 Å². The molecule has 0 unspecified atom stereocenters. The Labute approximate surface area is 124 Å². The number of aromatic amines is 1. The zero-order valence-corrected chi connectivity index (χ0v) is 12.0. The molecule has 0 aliphatic heterocycles. The summed E-state index contributed by atoms with van der Waals surface area (Å²) >= 11 is 0. The highest BCUT2D eigenvalue weighted by atomic mass is 16.1. The molecule has 0 saturated carbocycles. The van der Waals surface area contributed by atoms with E-state index in [2.05, 4.69) is 29.4 Å². The van der Waals surface area contributed by atoms with Crippen LogP contribution in [0.3, 0.4) is 0 Å². The maximum absolute atomic E-state index is 12.3. The number of Topliss-reactive ketones (excluding diaryl/α,β-unsaturated/α-hetero) is 1. The van der Waals surface area contributed by atoms with Gasteiger partial charge in [0.15, 0.2) is 5.78 Å². The van der Waals surface area contributed by atoms with E-state index in [0.717, 1.165) is 16.5 Å². The Balaban J connectivity index is 1.66. The molecule has 0 aliphatic carbocycles. The van der Waals surface area contributed by atoms with E-state index >= 15 is 0 Å². The van der Waals surface area contributed by atoms with E-state index in [4.69, 9.17) is 0 Å². The number of fused-ring (bicyclic) bond motifs is 1. The van der Waals surface area contributed by atoms with E-state index < -0.39 is 0 Å². The minimum absolute atomic E-state index is 0.112. The summed E-state index contributed by atoms with van der Waals surface area (Å²) in [6.07, 6.45) is 1.79. The zero-order chi connectivity index (χ0) is 14.7. The molecule has 0 spiro atoms.